The molecule has 0 radical (unpaired) electrons. The van der Waals surface area contributed by atoms with E-state index in [0.717, 1.165) is 61.8 Å². The molecule has 11 nitrogen and oxygen atoms in total. The minimum absolute atomic E-state index is 0.0216. The van der Waals surface area contributed by atoms with Crippen molar-refractivity contribution in [1.29, 1.82) is 0 Å². The average molecular weight is 530 g/mol. The Morgan fingerprint density at radius 1 is 1.03 bits per heavy atom. The summed E-state index contributed by atoms with van der Waals surface area (Å²) in [6.45, 7) is 1.81. The summed E-state index contributed by atoms with van der Waals surface area (Å²) in [6, 6.07) is 14.2. The van der Waals surface area contributed by atoms with Crippen LogP contribution in [-0.2, 0) is 16.1 Å². The number of hydrogen-bond donors (Lipinski definition) is 3. The highest BCUT2D eigenvalue weighted by Crippen LogP contribution is 2.26. The minimum Gasteiger partial charge on any atom is -0.359 e. The number of amides is 2. The maximum atomic E-state index is 13.0. The van der Waals surface area contributed by atoms with Gasteiger partial charge in [-0.3, -0.25) is 9.59 Å². The van der Waals surface area contributed by atoms with Crippen LogP contribution in [0.1, 0.15) is 56.8 Å². The molecule has 1 aliphatic rings. The van der Waals surface area contributed by atoms with E-state index < -0.39 is 0 Å². The molecule has 1 atom stereocenters. The summed E-state index contributed by atoms with van der Waals surface area (Å²) < 4.78 is 0. The van der Waals surface area contributed by atoms with Gasteiger partial charge >= 0.3 is 0 Å². The van der Waals surface area contributed by atoms with Gasteiger partial charge in [0.2, 0.25) is 11.8 Å². The highest BCUT2D eigenvalue weighted by atomic mass is 16.2. The number of aromatic nitrogens is 6. The largest absolute Gasteiger partial charge is 0.359 e. The normalized spacial score (nSPS) is 14.0. The third-order valence-corrected chi connectivity index (χ3v) is 7.11. The molecule has 3 heterocycles. The second-order valence-electron chi connectivity index (χ2n) is 9.95. The van der Waals surface area contributed by atoms with Crippen molar-refractivity contribution in [3.63, 3.8) is 0 Å². The molecule has 1 aliphatic heterocycles. The zero-order chi connectivity index (χ0) is 27.0. The number of tetrazole rings is 1. The lowest BCUT2D eigenvalue weighted by Gasteiger charge is -2.17. The Labute approximate surface area is 227 Å². The summed E-state index contributed by atoms with van der Waals surface area (Å²) in [5.74, 6) is 1.10. The van der Waals surface area contributed by atoms with Crippen LogP contribution in [0.5, 0.6) is 0 Å². The number of nitrogens with zero attached hydrogens (tertiary/aromatic N) is 6. The number of H-pyrrole nitrogens is 1. The van der Waals surface area contributed by atoms with Gasteiger partial charge in [-0.05, 0) is 47.7 Å². The van der Waals surface area contributed by atoms with Gasteiger partial charge in [-0.2, -0.15) is 4.80 Å². The Bertz CT molecular complexity index is 1410. The lowest BCUT2D eigenvalue weighted by atomic mass is 10.1. The zero-order valence-electron chi connectivity index (χ0n) is 22.3. The topological polar surface area (TPSA) is 134 Å². The minimum atomic E-state index is -0.312. The maximum Gasteiger partial charge on any atom is 0.266 e. The van der Waals surface area contributed by atoms with Crippen LogP contribution in [0.3, 0.4) is 0 Å². The number of hydrogen-bond acceptors (Lipinski definition) is 7. The molecule has 1 fully saturated rings. The van der Waals surface area contributed by atoms with Gasteiger partial charge in [0.15, 0.2) is 0 Å². The van der Waals surface area contributed by atoms with E-state index in [4.69, 9.17) is 0 Å². The van der Waals surface area contributed by atoms with Crippen LogP contribution in [-0.4, -0.2) is 62.1 Å². The Kier molecular flexibility index (Phi) is 8.45. The first kappa shape index (κ1) is 26.3. The van der Waals surface area contributed by atoms with E-state index >= 15 is 0 Å². The van der Waals surface area contributed by atoms with Crippen LogP contribution in [0.4, 0.5) is 5.95 Å². The van der Waals surface area contributed by atoms with E-state index in [1.165, 1.54) is 10.2 Å². The molecule has 39 heavy (non-hydrogen) atoms. The molecule has 5 rings (SSSR count). The summed E-state index contributed by atoms with van der Waals surface area (Å²) in [6.07, 6.45) is 7.74. The average Bonchev–Trinajstić information content (AvgIpc) is 3.74. The van der Waals surface area contributed by atoms with Crippen molar-refractivity contribution < 1.29 is 9.59 Å². The highest BCUT2D eigenvalue weighted by Gasteiger charge is 2.21. The molecule has 204 valence electrons. The van der Waals surface area contributed by atoms with E-state index in [2.05, 4.69) is 71.2 Å². The number of aromatic amines is 1. The summed E-state index contributed by atoms with van der Waals surface area (Å²) in [5, 5.41) is 20.7. The fraction of sp³-hybridized carbons (Fsp3) is 0.429. The van der Waals surface area contributed by atoms with Crippen molar-refractivity contribution >= 4 is 28.5 Å². The molecule has 2 aromatic heterocycles. The molecule has 0 spiro atoms. The smallest absolute Gasteiger partial charge is 0.266 e. The monoisotopic (exact) mass is 529 g/mol. The zero-order valence-corrected chi connectivity index (χ0v) is 22.3. The fourth-order valence-electron chi connectivity index (χ4n) is 4.94. The molecule has 0 saturated carbocycles. The van der Waals surface area contributed by atoms with Crippen molar-refractivity contribution in [3.8, 4) is 11.3 Å². The molecule has 2 amide bonds. The third-order valence-electron chi connectivity index (χ3n) is 7.11. The van der Waals surface area contributed by atoms with Crippen LogP contribution >= 0.6 is 0 Å². The van der Waals surface area contributed by atoms with E-state index in [0.29, 0.717) is 24.6 Å². The molecule has 1 saturated heterocycles. The van der Waals surface area contributed by atoms with Crippen LogP contribution in [0, 0.1) is 0 Å². The molecule has 0 aliphatic carbocycles. The number of carbonyl (C=O) groups excluding carboxylic acids is 2. The number of fused-ring (bicyclic) bond motifs is 1. The van der Waals surface area contributed by atoms with Gasteiger partial charge in [0.25, 0.3) is 5.95 Å². The van der Waals surface area contributed by atoms with Gasteiger partial charge in [-0.15, -0.1) is 5.10 Å². The molecule has 3 N–H and O–H groups in total. The van der Waals surface area contributed by atoms with Gasteiger partial charge in [0, 0.05) is 32.1 Å². The number of anilines is 1. The molecular weight excluding hydrogens is 494 g/mol. The first-order chi connectivity index (χ1) is 19.1. The fourth-order valence-corrected chi connectivity index (χ4v) is 4.94. The van der Waals surface area contributed by atoms with E-state index in [1.54, 1.807) is 7.05 Å². The van der Waals surface area contributed by atoms with Crippen molar-refractivity contribution in [3.05, 3.63) is 54.5 Å². The quantitative estimate of drug-likeness (QED) is 0.240. The Hall–Kier alpha value is -4.28. The van der Waals surface area contributed by atoms with Gasteiger partial charge < -0.3 is 20.5 Å². The number of carbonyl (C=O) groups is 2. The van der Waals surface area contributed by atoms with Gasteiger partial charge in [-0.25, -0.2) is 4.98 Å². The maximum absolute atomic E-state index is 13.0. The summed E-state index contributed by atoms with van der Waals surface area (Å²) in [4.78, 5) is 36.1. The lowest BCUT2D eigenvalue weighted by Crippen LogP contribution is -2.33. The van der Waals surface area contributed by atoms with Crippen LogP contribution < -0.4 is 15.5 Å². The highest BCUT2D eigenvalue weighted by molar-refractivity contribution is 5.86. The van der Waals surface area contributed by atoms with E-state index in [9.17, 15) is 9.59 Å². The van der Waals surface area contributed by atoms with Crippen molar-refractivity contribution in [2.45, 2.75) is 57.5 Å². The van der Waals surface area contributed by atoms with Crippen LogP contribution in [0.15, 0.2) is 48.7 Å². The molecule has 0 bridgehead atoms. The Morgan fingerprint density at radius 2 is 1.85 bits per heavy atom. The Balaban J connectivity index is 1.26. The number of nitrogens with one attached hydrogen (secondary N) is 3. The van der Waals surface area contributed by atoms with Crippen molar-refractivity contribution in [2.75, 3.05) is 25.0 Å². The van der Waals surface area contributed by atoms with Crippen LogP contribution in [0.2, 0.25) is 0 Å². The second kappa shape index (κ2) is 12.5. The van der Waals surface area contributed by atoms with Gasteiger partial charge in [0.1, 0.15) is 12.4 Å². The van der Waals surface area contributed by atoms with E-state index in [1.807, 2.05) is 18.3 Å². The number of benzene rings is 2. The summed E-state index contributed by atoms with van der Waals surface area (Å²) in [7, 11) is 1.65. The lowest BCUT2D eigenvalue weighted by molar-refractivity contribution is -0.123. The van der Waals surface area contributed by atoms with Crippen LogP contribution in [0.25, 0.3) is 22.0 Å². The van der Waals surface area contributed by atoms with Gasteiger partial charge in [-0.1, -0.05) is 54.3 Å². The molecule has 0 unspecified atom stereocenters. The molecule has 11 heteroatoms. The van der Waals surface area contributed by atoms with Gasteiger partial charge in [0.05, 0.1) is 17.9 Å². The SMILES string of the molecule is CNC(=O)CCCCC[C@H](NC(=O)Cn1nnc(N2CCCC2)n1)c1ncc(-c2ccc3ccccc3c2)[nH]1. The summed E-state index contributed by atoms with van der Waals surface area (Å²) >= 11 is 0. The Morgan fingerprint density at radius 3 is 2.67 bits per heavy atom. The predicted octanol–water partition coefficient (Wildman–Crippen LogP) is 3.37. The standard InChI is InChI=1S/C28H35N9O2/c1-29-25(38)12-4-2-3-11-23(31-26(39)19-37-34-28(33-35-37)36-15-7-8-16-36)27-30-18-24(32-27)22-14-13-20-9-5-6-10-21(20)17-22/h5-6,9-10,13-14,17-18,23H,2-4,7-8,11-12,15-16,19H2,1H3,(H,29,38)(H,30,32)(H,31,39)/t23-/m0/s1. The van der Waals surface area contributed by atoms with Crippen molar-refractivity contribution in [2.24, 2.45) is 0 Å². The molecule has 2 aromatic carbocycles. The summed E-state index contributed by atoms with van der Waals surface area (Å²) in [5.41, 5.74) is 1.92. The molecular formula is C28H35N9O2. The first-order valence-corrected chi connectivity index (χ1v) is 13.7. The van der Waals surface area contributed by atoms with Crippen molar-refractivity contribution in [1.82, 2.24) is 40.8 Å². The number of unbranched alkanes of at least 4 members (excludes halogenated alkanes) is 2. The van der Waals surface area contributed by atoms with E-state index in [-0.39, 0.29) is 24.4 Å². The molecule has 4 aromatic rings. The first-order valence-electron chi connectivity index (χ1n) is 13.7. The number of imidazole rings is 1. The second-order valence-corrected chi connectivity index (χ2v) is 9.95. The predicted molar refractivity (Wildman–Crippen MR) is 149 cm³/mol. The number of rotatable bonds is 12. The third kappa shape index (κ3) is 6.78.